The van der Waals surface area contributed by atoms with Gasteiger partial charge in [-0.15, -0.1) is 0 Å². The number of benzene rings is 2. The number of pyridine rings is 1. The molecule has 1 N–H and O–H groups in total. The van der Waals surface area contributed by atoms with Crippen LogP contribution in [-0.4, -0.2) is 16.6 Å². The Morgan fingerprint density at radius 1 is 1.06 bits per heavy atom. The number of ether oxygens (including phenoxy) is 1. The van der Waals surface area contributed by atoms with Gasteiger partial charge in [0.2, 0.25) is 0 Å². The molecule has 2 aromatic carbocycles. The van der Waals surface area contributed by atoms with Crippen molar-refractivity contribution in [3.8, 4) is 11.1 Å². The van der Waals surface area contributed by atoms with Gasteiger partial charge in [-0.05, 0) is 69.7 Å². The zero-order valence-corrected chi connectivity index (χ0v) is 24.0. The molecule has 0 aliphatic carbocycles. The van der Waals surface area contributed by atoms with Crippen LogP contribution in [0, 0.1) is 19.8 Å². The molecule has 1 aromatic heterocycles. The summed E-state index contributed by atoms with van der Waals surface area (Å²) in [6.07, 6.45) is 4.59. The molecule has 0 radical (unpaired) electrons. The summed E-state index contributed by atoms with van der Waals surface area (Å²) in [4.78, 5) is 17.6. The summed E-state index contributed by atoms with van der Waals surface area (Å²) >= 11 is 3.65. The molecule has 0 saturated carbocycles. The maximum absolute atomic E-state index is 12.6. The molecule has 3 aromatic rings. The highest BCUT2D eigenvalue weighted by atomic mass is 79.9. The second-order valence-electron chi connectivity index (χ2n) is 10.7. The highest BCUT2D eigenvalue weighted by Crippen LogP contribution is 2.35. The van der Waals surface area contributed by atoms with Crippen LogP contribution in [-0.2, 0) is 17.8 Å². The van der Waals surface area contributed by atoms with Gasteiger partial charge in [0.1, 0.15) is 6.61 Å². The lowest BCUT2D eigenvalue weighted by molar-refractivity contribution is 0.131. The third-order valence-corrected chi connectivity index (χ3v) is 6.44. The Morgan fingerprint density at radius 3 is 2.33 bits per heavy atom. The van der Waals surface area contributed by atoms with E-state index in [-0.39, 0.29) is 12.1 Å². The van der Waals surface area contributed by atoms with Crippen LogP contribution in [0.3, 0.4) is 0 Å². The molecular formula is C31H37BrN2O2. The largest absolute Gasteiger partial charge is 0.445 e. The van der Waals surface area contributed by atoms with Gasteiger partial charge in [0.05, 0.1) is 0 Å². The van der Waals surface area contributed by atoms with Crippen LogP contribution in [0.5, 0.6) is 0 Å². The van der Waals surface area contributed by atoms with Crippen molar-refractivity contribution in [3.63, 3.8) is 0 Å². The summed E-state index contributed by atoms with van der Waals surface area (Å²) in [5.74, 6) is 0.409. The van der Waals surface area contributed by atoms with Gasteiger partial charge in [-0.2, -0.15) is 0 Å². The highest BCUT2D eigenvalue weighted by Gasteiger charge is 2.21. The van der Waals surface area contributed by atoms with Crippen LogP contribution in [0.25, 0.3) is 23.3 Å². The molecule has 0 spiro atoms. The molecule has 5 heteroatoms. The minimum absolute atomic E-state index is 0.149. The van der Waals surface area contributed by atoms with Crippen LogP contribution < -0.4 is 5.32 Å². The molecule has 0 atom stereocenters. The summed E-state index contributed by atoms with van der Waals surface area (Å²) in [6, 6.07) is 16.6. The Hall–Kier alpha value is -2.92. The van der Waals surface area contributed by atoms with Crippen molar-refractivity contribution in [1.82, 2.24) is 10.3 Å². The Morgan fingerprint density at radius 2 is 1.72 bits per heavy atom. The second-order valence-corrected chi connectivity index (χ2v) is 11.5. The van der Waals surface area contributed by atoms with Crippen LogP contribution in [0.2, 0.25) is 0 Å². The lowest BCUT2D eigenvalue weighted by Gasteiger charge is -2.23. The van der Waals surface area contributed by atoms with Gasteiger partial charge in [0.25, 0.3) is 0 Å². The zero-order valence-electron chi connectivity index (χ0n) is 22.4. The van der Waals surface area contributed by atoms with Crippen molar-refractivity contribution in [2.45, 2.75) is 67.0 Å². The number of alkyl carbamates (subject to hydrolysis) is 1. The first-order chi connectivity index (χ1) is 16.9. The Labute approximate surface area is 224 Å². The molecule has 1 heterocycles. The molecule has 0 bridgehead atoms. The van der Waals surface area contributed by atoms with Gasteiger partial charge < -0.3 is 10.1 Å². The topological polar surface area (TPSA) is 51.2 Å². The Kier molecular flexibility index (Phi) is 9.13. The number of carbonyl (C=O) groups is 1. The monoisotopic (exact) mass is 548 g/mol. The lowest BCUT2D eigenvalue weighted by Crippen LogP contribution is -2.40. The van der Waals surface area contributed by atoms with E-state index in [1.807, 2.05) is 39.0 Å². The van der Waals surface area contributed by atoms with E-state index in [9.17, 15) is 4.79 Å². The average Bonchev–Trinajstić information content (AvgIpc) is 2.77. The van der Waals surface area contributed by atoms with Crippen LogP contribution >= 0.6 is 15.9 Å². The van der Waals surface area contributed by atoms with E-state index in [0.717, 1.165) is 50.1 Å². The van der Waals surface area contributed by atoms with Crippen molar-refractivity contribution in [1.29, 1.82) is 0 Å². The van der Waals surface area contributed by atoms with Crippen molar-refractivity contribution in [2.75, 3.05) is 0 Å². The summed E-state index contributed by atoms with van der Waals surface area (Å²) < 4.78 is 6.80. The summed E-state index contributed by atoms with van der Waals surface area (Å²) in [6.45, 7) is 14.5. The quantitative estimate of drug-likeness (QED) is 0.321. The molecular weight excluding hydrogens is 512 g/mol. The first-order valence-corrected chi connectivity index (χ1v) is 13.2. The maximum Gasteiger partial charge on any atom is 0.407 e. The maximum atomic E-state index is 12.6. The first kappa shape index (κ1) is 27.7. The highest BCUT2D eigenvalue weighted by molar-refractivity contribution is 9.10. The fourth-order valence-corrected chi connectivity index (χ4v) is 4.46. The van der Waals surface area contributed by atoms with E-state index < -0.39 is 6.09 Å². The van der Waals surface area contributed by atoms with Crippen LogP contribution in [0.1, 0.15) is 68.3 Å². The first-order valence-electron chi connectivity index (χ1n) is 12.4. The number of hydrogen-bond acceptors (Lipinski definition) is 3. The number of carbonyl (C=O) groups excluding carboxylic acids is 1. The normalized spacial score (nSPS) is 11.8. The average molecular weight is 550 g/mol. The molecule has 0 unspecified atom stereocenters. The number of rotatable bonds is 7. The third-order valence-electron chi connectivity index (χ3n) is 5.71. The molecule has 0 aliphatic rings. The van der Waals surface area contributed by atoms with Gasteiger partial charge in [-0.1, -0.05) is 90.0 Å². The number of amides is 1. The van der Waals surface area contributed by atoms with Crippen molar-refractivity contribution < 1.29 is 9.53 Å². The molecule has 0 saturated heterocycles. The number of nitrogens with one attached hydrogen (secondary N) is 1. The number of hydrogen-bond donors (Lipinski definition) is 1. The Balaban J connectivity index is 2.19. The van der Waals surface area contributed by atoms with Crippen LogP contribution in [0.4, 0.5) is 4.79 Å². The summed E-state index contributed by atoms with van der Waals surface area (Å²) in [5.41, 5.74) is 7.95. The van der Waals surface area contributed by atoms with E-state index in [2.05, 4.69) is 91.4 Å². The lowest BCUT2D eigenvalue weighted by atomic mass is 9.89. The number of nitrogens with zero attached hydrogens (tertiary/aromatic N) is 1. The predicted octanol–water partition coefficient (Wildman–Crippen LogP) is 8.52. The molecule has 4 nitrogen and oxygen atoms in total. The van der Waals surface area contributed by atoms with E-state index in [0.29, 0.717) is 5.92 Å². The van der Waals surface area contributed by atoms with Crippen molar-refractivity contribution >= 4 is 34.2 Å². The number of halogens is 1. The molecule has 0 fully saturated rings. The smallest absolute Gasteiger partial charge is 0.407 e. The molecule has 0 aliphatic heterocycles. The Bertz CT molecular complexity index is 1240. The number of aryl methyl sites for hydroxylation is 2. The minimum atomic E-state index is -0.432. The molecule has 36 heavy (non-hydrogen) atoms. The van der Waals surface area contributed by atoms with Crippen LogP contribution in [0.15, 0.2) is 53.0 Å². The van der Waals surface area contributed by atoms with Gasteiger partial charge in [-0.3, -0.25) is 4.98 Å². The molecule has 1 amide bonds. The summed E-state index contributed by atoms with van der Waals surface area (Å²) in [5, 5.41) is 2.89. The molecule has 190 valence electrons. The van der Waals surface area contributed by atoms with Crippen molar-refractivity contribution in [2.24, 2.45) is 5.92 Å². The standard InChI is InChI=1S/C31H37BrN2O2/c1-20(2)18-28-26(19-36-30(35)34-31(5,6)7)29(24-14-12-21(3)13-15-24)25(22(4)33-28)17-16-23-10-8-9-11-27(23)32/h8-17,20H,18-19H2,1-7H3,(H,34,35). The van der Waals surface area contributed by atoms with Gasteiger partial charge in [0.15, 0.2) is 0 Å². The van der Waals surface area contributed by atoms with Gasteiger partial charge >= 0.3 is 6.09 Å². The van der Waals surface area contributed by atoms with E-state index >= 15 is 0 Å². The summed E-state index contributed by atoms with van der Waals surface area (Å²) in [7, 11) is 0. The number of aromatic nitrogens is 1. The van der Waals surface area contributed by atoms with Crippen molar-refractivity contribution in [3.05, 3.63) is 86.6 Å². The fraction of sp³-hybridized carbons (Fsp3) is 0.355. The van der Waals surface area contributed by atoms with E-state index in [4.69, 9.17) is 9.72 Å². The minimum Gasteiger partial charge on any atom is -0.445 e. The van der Waals surface area contributed by atoms with E-state index in [1.165, 1.54) is 5.56 Å². The zero-order chi connectivity index (χ0) is 26.5. The van der Waals surface area contributed by atoms with E-state index in [1.54, 1.807) is 0 Å². The SMILES string of the molecule is Cc1ccc(-c2c(C=Cc3ccccc3Br)c(C)nc(CC(C)C)c2COC(=O)NC(C)(C)C)cc1. The molecule has 3 rings (SSSR count). The fourth-order valence-electron chi connectivity index (χ4n) is 4.05. The second kappa shape index (κ2) is 11.9. The predicted molar refractivity (Wildman–Crippen MR) is 154 cm³/mol. The van der Waals surface area contributed by atoms with Gasteiger partial charge in [-0.25, -0.2) is 4.79 Å². The van der Waals surface area contributed by atoms with Gasteiger partial charge in [0, 0.05) is 32.5 Å². The third kappa shape index (κ3) is 7.54.